The number of esters is 1. The zero-order valence-corrected chi connectivity index (χ0v) is 35.8. The molecular formula is C45H81O9P. The molecule has 3 N–H and O–H groups in total. The number of aliphatic hydroxyl groups excluding tert-OH is 2. The van der Waals surface area contributed by atoms with Crippen molar-refractivity contribution in [1.82, 2.24) is 0 Å². The lowest BCUT2D eigenvalue weighted by Crippen LogP contribution is -2.29. The van der Waals surface area contributed by atoms with E-state index in [0.717, 1.165) is 77.0 Å². The number of aliphatic hydroxyl groups is 2. The average Bonchev–Trinajstić information content (AvgIpc) is 3.18. The van der Waals surface area contributed by atoms with Gasteiger partial charge in [-0.1, -0.05) is 171 Å². The number of hydrogen-bond acceptors (Lipinski definition) is 8. The highest BCUT2D eigenvalue weighted by Gasteiger charge is 2.26. The quantitative estimate of drug-likeness (QED) is 0.0239. The molecule has 0 rings (SSSR count). The Bertz CT molecular complexity index is 1040. The first kappa shape index (κ1) is 53.2. The van der Waals surface area contributed by atoms with Crippen LogP contribution in [0.25, 0.3) is 0 Å². The van der Waals surface area contributed by atoms with Crippen molar-refractivity contribution in [2.24, 2.45) is 0 Å². The molecule has 0 heterocycles. The molecule has 0 radical (unpaired) electrons. The number of hydrogen-bond donors (Lipinski definition) is 3. The van der Waals surface area contributed by atoms with Crippen LogP contribution in [0.4, 0.5) is 0 Å². The Balaban J connectivity index is 4.09. The van der Waals surface area contributed by atoms with Crippen molar-refractivity contribution in [2.75, 3.05) is 33.0 Å². The second-order valence-electron chi connectivity index (χ2n) is 14.3. The van der Waals surface area contributed by atoms with Gasteiger partial charge in [-0.3, -0.25) is 13.8 Å². The Morgan fingerprint density at radius 2 is 1.04 bits per heavy atom. The normalized spacial score (nSPS) is 14.6. The number of carbonyl (C=O) groups excluding carboxylic acids is 1. The van der Waals surface area contributed by atoms with Gasteiger partial charge in [-0.2, -0.15) is 0 Å². The highest BCUT2D eigenvalue weighted by atomic mass is 31.2. The molecular weight excluding hydrogens is 715 g/mol. The minimum Gasteiger partial charge on any atom is -0.457 e. The molecule has 0 bridgehead atoms. The summed E-state index contributed by atoms with van der Waals surface area (Å²) in [6.45, 7) is 3.36. The molecule has 320 valence electrons. The summed E-state index contributed by atoms with van der Waals surface area (Å²) in [4.78, 5) is 22.5. The van der Waals surface area contributed by atoms with Crippen molar-refractivity contribution >= 4 is 13.8 Å². The lowest BCUT2D eigenvalue weighted by molar-refractivity contribution is -0.154. The molecule has 0 aromatic carbocycles. The molecule has 0 spiro atoms. The van der Waals surface area contributed by atoms with Gasteiger partial charge in [0.05, 0.1) is 26.4 Å². The molecule has 0 saturated heterocycles. The van der Waals surface area contributed by atoms with Crippen LogP contribution >= 0.6 is 7.82 Å². The molecule has 0 saturated carbocycles. The minimum atomic E-state index is -4.52. The number of carbonyl (C=O) groups is 1. The van der Waals surface area contributed by atoms with E-state index >= 15 is 0 Å². The topological polar surface area (TPSA) is 132 Å². The number of unbranched alkanes of at least 4 members (excludes halogenated alkanes) is 17. The molecule has 3 unspecified atom stereocenters. The van der Waals surface area contributed by atoms with E-state index in [1.54, 1.807) is 0 Å². The van der Waals surface area contributed by atoms with E-state index in [9.17, 15) is 19.4 Å². The lowest BCUT2D eigenvalue weighted by atomic mass is 10.1. The van der Waals surface area contributed by atoms with Gasteiger partial charge in [0.15, 0.2) is 0 Å². The zero-order chi connectivity index (χ0) is 40.3. The number of allylic oxidation sites excluding steroid dienone is 10. The van der Waals surface area contributed by atoms with E-state index in [1.165, 1.54) is 77.0 Å². The third-order valence-corrected chi connectivity index (χ3v) is 9.92. The van der Waals surface area contributed by atoms with Gasteiger partial charge < -0.3 is 24.6 Å². The summed E-state index contributed by atoms with van der Waals surface area (Å²) in [5.41, 5.74) is 0. The predicted octanol–water partition coefficient (Wildman–Crippen LogP) is 12.0. The fourth-order valence-electron chi connectivity index (χ4n) is 5.68. The molecule has 0 aromatic rings. The third kappa shape index (κ3) is 41.6. The van der Waals surface area contributed by atoms with E-state index < -0.39 is 33.2 Å². The second-order valence-corrected chi connectivity index (χ2v) is 15.8. The molecule has 0 aliphatic carbocycles. The lowest BCUT2D eigenvalue weighted by Gasteiger charge is -2.20. The molecule has 3 atom stereocenters. The summed E-state index contributed by atoms with van der Waals surface area (Å²) in [5, 5.41) is 18.3. The summed E-state index contributed by atoms with van der Waals surface area (Å²) < 4.78 is 33.3. The molecule has 0 amide bonds. The first-order valence-electron chi connectivity index (χ1n) is 21.8. The highest BCUT2D eigenvalue weighted by Crippen LogP contribution is 2.43. The summed E-state index contributed by atoms with van der Waals surface area (Å²) >= 11 is 0. The van der Waals surface area contributed by atoms with E-state index in [0.29, 0.717) is 6.61 Å². The van der Waals surface area contributed by atoms with Crippen molar-refractivity contribution in [3.05, 3.63) is 60.8 Å². The minimum absolute atomic E-state index is 0.0426. The summed E-state index contributed by atoms with van der Waals surface area (Å²) in [5.74, 6) is -0.390. The number of phosphoric acid groups is 1. The van der Waals surface area contributed by atoms with E-state index in [2.05, 4.69) is 74.6 Å². The van der Waals surface area contributed by atoms with Gasteiger partial charge in [0.2, 0.25) is 0 Å². The Morgan fingerprint density at radius 1 is 0.582 bits per heavy atom. The van der Waals surface area contributed by atoms with E-state index in [-0.39, 0.29) is 25.6 Å². The molecule has 0 aliphatic heterocycles. The van der Waals surface area contributed by atoms with Crippen LogP contribution in [0.5, 0.6) is 0 Å². The number of ether oxygens (including phenoxy) is 2. The van der Waals surface area contributed by atoms with Gasteiger partial charge in [0.1, 0.15) is 12.2 Å². The zero-order valence-electron chi connectivity index (χ0n) is 34.9. The van der Waals surface area contributed by atoms with Crippen LogP contribution in [-0.2, 0) is 27.9 Å². The molecule has 9 nitrogen and oxygen atoms in total. The maximum atomic E-state index is 12.5. The first-order chi connectivity index (χ1) is 26.8. The van der Waals surface area contributed by atoms with Gasteiger partial charge in [-0.05, 0) is 57.8 Å². The average molecular weight is 797 g/mol. The Hall–Kier alpha value is -1.84. The molecule has 0 fully saturated rings. The SMILES string of the molecule is CC/C=C\C/C=C\C/C=C\C/C=C\C/C=C\CCCCCCCCCCOCC(COP(=O)(O)OCC(O)CO)OC(=O)CCCCCCCCCCCC. The van der Waals surface area contributed by atoms with Crippen LogP contribution in [0.2, 0.25) is 0 Å². The van der Waals surface area contributed by atoms with Crippen LogP contribution in [0.15, 0.2) is 60.8 Å². The van der Waals surface area contributed by atoms with Crippen LogP contribution in [0, 0.1) is 0 Å². The summed E-state index contributed by atoms with van der Waals surface area (Å²) in [6.07, 6.45) is 47.6. The Kier molecular flexibility index (Phi) is 40.4. The van der Waals surface area contributed by atoms with Crippen LogP contribution in [0.1, 0.15) is 174 Å². The van der Waals surface area contributed by atoms with Crippen LogP contribution < -0.4 is 0 Å². The molecule has 10 heteroatoms. The van der Waals surface area contributed by atoms with Gasteiger partial charge in [0.25, 0.3) is 0 Å². The van der Waals surface area contributed by atoms with Crippen molar-refractivity contribution in [1.29, 1.82) is 0 Å². The Labute approximate surface area is 336 Å². The Morgan fingerprint density at radius 3 is 1.56 bits per heavy atom. The van der Waals surface area contributed by atoms with Crippen LogP contribution in [0.3, 0.4) is 0 Å². The van der Waals surface area contributed by atoms with E-state index in [1.807, 2.05) is 0 Å². The summed E-state index contributed by atoms with van der Waals surface area (Å²) in [6, 6.07) is 0. The van der Waals surface area contributed by atoms with Gasteiger partial charge >= 0.3 is 13.8 Å². The first-order valence-corrected chi connectivity index (χ1v) is 23.3. The van der Waals surface area contributed by atoms with Gasteiger partial charge in [-0.15, -0.1) is 0 Å². The smallest absolute Gasteiger partial charge is 0.457 e. The standard InChI is InChI=1S/C45H81O9P/c1-3-5-7-9-11-13-15-16-17-18-19-20-21-22-23-24-25-26-27-28-30-32-34-36-38-51-41-44(42-53-55(49,50)52-40-43(47)39-46)54-45(48)37-35-33-31-29-14-12-10-8-6-4-2/h5,7,11,13,16-17,19-20,22-23,43-44,46-47H,3-4,6,8-10,12,14-15,18,21,24-42H2,1-2H3,(H,49,50)/b7-5-,13-11-,17-16-,20-19-,23-22-. The van der Waals surface area contributed by atoms with Gasteiger partial charge in [0, 0.05) is 13.0 Å². The molecule has 0 aliphatic rings. The molecule has 0 aromatic heterocycles. The fourth-order valence-corrected chi connectivity index (χ4v) is 6.47. The monoisotopic (exact) mass is 797 g/mol. The second kappa shape index (κ2) is 41.8. The van der Waals surface area contributed by atoms with Crippen molar-refractivity contribution in [3.8, 4) is 0 Å². The predicted molar refractivity (Wildman–Crippen MR) is 228 cm³/mol. The highest BCUT2D eigenvalue weighted by molar-refractivity contribution is 7.47. The van der Waals surface area contributed by atoms with E-state index in [4.69, 9.17) is 23.6 Å². The number of rotatable bonds is 41. The number of phosphoric ester groups is 1. The summed E-state index contributed by atoms with van der Waals surface area (Å²) in [7, 11) is -4.52. The third-order valence-electron chi connectivity index (χ3n) is 8.97. The van der Waals surface area contributed by atoms with Crippen molar-refractivity contribution in [3.63, 3.8) is 0 Å². The maximum Gasteiger partial charge on any atom is 0.472 e. The van der Waals surface area contributed by atoms with Crippen LogP contribution in [-0.4, -0.2) is 66.3 Å². The van der Waals surface area contributed by atoms with Gasteiger partial charge in [-0.25, -0.2) is 4.57 Å². The largest absolute Gasteiger partial charge is 0.472 e. The molecule has 55 heavy (non-hydrogen) atoms. The van der Waals surface area contributed by atoms with Crippen molar-refractivity contribution < 1.29 is 43.0 Å². The maximum absolute atomic E-state index is 12.5. The fraction of sp³-hybridized carbons (Fsp3) is 0.756. The van der Waals surface area contributed by atoms with Crippen molar-refractivity contribution in [2.45, 2.75) is 187 Å².